The van der Waals surface area contributed by atoms with Gasteiger partial charge < -0.3 is 10.1 Å². The maximum Gasteiger partial charge on any atom is 0.119 e. The molecule has 4 rings (SSSR count). The number of anilines is 1. The molecule has 2 aromatic rings. The third-order valence-corrected chi connectivity index (χ3v) is 5.35. The minimum absolute atomic E-state index is 0.205. The van der Waals surface area contributed by atoms with Crippen LogP contribution in [0.5, 0.6) is 5.75 Å². The van der Waals surface area contributed by atoms with Crippen molar-refractivity contribution in [3.63, 3.8) is 0 Å². The summed E-state index contributed by atoms with van der Waals surface area (Å²) in [7, 11) is 1.70. The van der Waals surface area contributed by atoms with Crippen LogP contribution in [0.4, 0.5) is 5.69 Å². The molecule has 4 heteroatoms. The summed E-state index contributed by atoms with van der Waals surface area (Å²) in [6.07, 6.45) is 5.58. The standard InChI is InChI=1S/C19H17Cl2NO/c1-23-13-5-2-4-11(8-13)18-15-7-3-6-14(15)16-9-12(20)10-17(21)19(16)22-18/h2-6,8-10,14-15,18,22H,7H2,1H3. The van der Waals surface area contributed by atoms with E-state index in [0.717, 1.165) is 17.9 Å². The van der Waals surface area contributed by atoms with Gasteiger partial charge in [-0.2, -0.15) is 0 Å². The zero-order valence-corrected chi connectivity index (χ0v) is 14.2. The van der Waals surface area contributed by atoms with E-state index in [1.165, 1.54) is 11.1 Å². The molecule has 0 aromatic heterocycles. The molecule has 0 amide bonds. The van der Waals surface area contributed by atoms with Gasteiger partial charge in [0.15, 0.2) is 0 Å². The zero-order valence-electron chi connectivity index (χ0n) is 12.7. The van der Waals surface area contributed by atoms with Crippen molar-refractivity contribution in [1.82, 2.24) is 0 Å². The second-order valence-corrected chi connectivity index (χ2v) is 6.95. The second-order valence-electron chi connectivity index (χ2n) is 6.10. The normalized spacial score (nSPS) is 24.7. The lowest BCUT2D eigenvalue weighted by Crippen LogP contribution is -2.29. The zero-order chi connectivity index (χ0) is 16.0. The summed E-state index contributed by atoms with van der Waals surface area (Å²) in [5.41, 5.74) is 3.41. The Labute approximate surface area is 146 Å². The number of benzene rings is 2. The lowest BCUT2D eigenvalue weighted by molar-refractivity contribution is 0.406. The van der Waals surface area contributed by atoms with Crippen molar-refractivity contribution < 1.29 is 4.74 Å². The van der Waals surface area contributed by atoms with Crippen LogP contribution in [-0.4, -0.2) is 7.11 Å². The van der Waals surface area contributed by atoms with Gasteiger partial charge in [0.2, 0.25) is 0 Å². The van der Waals surface area contributed by atoms with Crippen LogP contribution >= 0.6 is 23.2 Å². The molecular formula is C19H17Cl2NO. The summed E-state index contributed by atoms with van der Waals surface area (Å²) in [5, 5.41) is 5.01. The van der Waals surface area contributed by atoms with Gasteiger partial charge in [-0.3, -0.25) is 0 Å². The number of ether oxygens (including phenoxy) is 1. The van der Waals surface area contributed by atoms with Crippen LogP contribution in [0.1, 0.15) is 29.5 Å². The second kappa shape index (κ2) is 5.77. The molecular weight excluding hydrogens is 329 g/mol. The van der Waals surface area contributed by atoms with Crippen molar-refractivity contribution in [3.05, 3.63) is 69.7 Å². The maximum atomic E-state index is 6.45. The number of halogens is 2. The molecule has 0 spiro atoms. The number of nitrogens with one attached hydrogen (secondary N) is 1. The molecule has 2 aromatic carbocycles. The van der Waals surface area contributed by atoms with E-state index in [1.807, 2.05) is 18.2 Å². The van der Waals surface area contributed by atoms with Gasteiger partial charge in [-0.25, -0.2) is 0 Å². The van der Waals surface area contributed by atoms with E-state index in [0.29, 0.717) is 21.9 Å². The number of fused-ring (bicyclic) bond motifs is 3. The summed E-state index contributed by atoms with van der Waals surface area (Å²) >= 11 is 12.7. The van der Waals surface area contributed by atoms with Crippen LogP contribution < -0.4 is 10.1 Å². The summed E-state index contributed by atoms with van der Waals surface area (Å²) in [4.78, 5) is 0. The lowest BCUT2D eigenvalue weighted by atomic mass is 9.77. The Kier molecular flexibility index (Phi) is 3.74. The number of hydrogen-bond acceptors (Lipinski definition) is 2. The third kappa shape index (κ3) is 2.50. The van der Waals surface area contributed by atoms with Gasteiger partial charge in [-0.05, 0) is 47.7 Å². The molecule has 0 bridgehead atoms. The minimum atomic E-state index is 0.205. The highest BCUT2D eigenvalue weighted by molar-refractivity contribution is 6.36. The van der Waals surface area contributed by atoms with Crippen molar-refractivity contribution in [2.75, 3.05) is 12.4 Å². The fraction of sp³-hybridized carbons (Fsp3) is 0.263. The Hall–Kier alpha value is -1.64. The quantitative estimate of drug-likeness (QED) is 0.691. The monoisotopic (exact) mass is 345 g/mol. The summed E-state index contributed by atoms with van der Waals surface area (Å²) < 4.78 is 5.38. The Balaban J connectivity index is 1.81. The van der Waals surface area contributed by atoms with Gasteiger partial charge in [0.1, 0.15) is 5.75 Å². The highest BCUT2D eigenvalue weighted by atomic mass is 35.5. The van der Waals surface area contributed by atoms with Gasteiger partial charge in [0, 0.05) is 10.9 Å². The van der Waals surface area contributed by atoms with Gasteiger partial charge in [-0.15, -0.1) is 0 Å². The fourth-order valence-electron chi connectivity index (χ4n) is 3.79. The smallest absolute Gasteiger partial charge is 0.119 e. The molecule has 1 aliphatic heterocycles. The van der Waals surface area contributed by atoms with E-state index in [-0.39, 0.29) is 6.04 Å². The number of methoxy groups -OCH3 is 1. The molecule has 118 valence electrons. The highest BCUT2D eigenvalue weighted by Crippen LogP contribution is 2.52. The number of rotatable bonds is 2. The Bertz CT molecular complexity index is 787. The SMILES string of the molecule is COc1cccc(C2Nc3c(Cl)cc(Cl)cc3C3C=CCC32)c1. The summed E-state index contributed by atoms with van der Waals surface area (Å²) in [6.45, 7) is 0. The molecule has 3 unspecified atom stereocenters. The predicted molar refractivity (Wildman–Crippen MR) is 95.8 cm³/mol. The fourth-order valence-corrected chi connectivity index (χ4v) is 4.35. The van der Waals surface area contributed by atoms with Crippen molar-refractivity contribution >= 4 is 28.9 Å². The first-order chi connectivity index (χ1) is 11.2. The van der Waals surface area contributed by atoms with Crippen LogP contribution in [0.15, 0.2) is 48.6 Å². The number of hydrogen-bond donors (Lipinski definition) is 1. The van der Waals surface area contributed by atoms with Gasteiger partial charge in [0.25, 0.3) is 0 Å². The average molecular weight is 346 g/mol. The van der Waals surface area contributed by atoms with Crippen LogP contribution in [-0.2, 0) is 0 Å². The predicted octanol–water partition coefficient (Wildman–Crippen LogP) is 5.83. The Morgan fingerprint density at radius 1 is 1.17 bits per heavy atom. The van der Waals surface area contributed by atoms with Crippen molar-refractivity contribution in [3.8, 4) is 5.75 Å². The first kappa shape index (κ1) is 14.9. The Morgan fingerprint density at radius 3 is 2.87 bits per heavy atom. The molecule has 23 heavy (non-hydrogen) atoms. The molecule has 3 atom stereocenters. The summed E-state index contributed by atoms with van der Waals surface area (Å²) in [6, 6.07) is 12.3. The van der Waals surface area contributed by atoms with Gasteiger partial charge in [-0.1, -0.05) is 47.5 Å². The van der Waals surface area contributed by atoms with Crippen molar-refractivity contribution in [1.29, 1.82) is 0 Å². The lowest BCUT2D eigenvalue weighted by Gasteiger charge is -2.38. The van der Waals surface area contributed by atoms with E-state index in [2.05, 4.69) is 29.6 Å². The molecule has 1 aliphatic carbocycles. The highest BCUT2D eigenvalue weighted by Gasteiger charge is 2.38. The van der Waals surface area contributed by atoms with Crippen molar-refractivity contribution in [2.45, 2.75) is 18.4 Å². The molecule has 0 radical (unpaired) electrons. The first-order valence-electron chi connectivity index (χ1n) is 7.73. The van der Waals surface area contributed by atoms with E-state index < -0.39 is 0 Å². The van der Waals surface area contributed by atoms with Gasteiger partial charge in [0.05, 0.1) is 23.9 Å². The van der Waals surface area contributed by atoms with Crippen LogP contribution in [0, 0.1) is 5.92 Å². The summed E-state index contributed by atoms with van der Waals surface area (Å²) in [5.74, 6) is 1.68. The first-order valence-corrected chi connectivity index (χ1v) is 8.49. The molecule has 1 N–H and O–H groups in total. The molecule has 1 heterocycles. The van der Waals surface area contributed by atoms with Gasteiger partial charge >= 0.3 is 0 Å². The van der Waals surface area contributed by atoms with E-state index in [4.69, 9.17) is 27.9 Å². The third-order valence-electron chi connectivity index (χ3n) is 4.84. The van der Waals surface area contributed by atoms with E-state index >= 15 is 0 Å². The molecule has 0 fully saturated rings. The molecule has 0 saturated carbocycles. The molecule has 2 aliphatic rings. The maximum absolute atomic E-state index is 6.45. The molecule has 2 nitrogen and oxygen atoms in total. The minimum Gasteiger partial charge on any atom is -0.497 e. The molecule has 0 saturated heterocycles. The van der Waals surface area contributed by atoms with Crippen LogP contribution in [0.2, 0.25) is 10.0 Å². The van der Waals surface area contributed by atoms with Crippen LogP contribution in [0.25, 0.3) is 0 Å². The van der Waals surface area contributed by atoms with E-state index in [9.17, 15) is 0 Å². The van der Waals surface area contributed by atoms with Crippen LogP contribution in [0.3, 0.4) is 0 Å². The largest absolute Gasteiger partial charge is 0.497 e. The Morgan fingerprint density at radius 2 is 2.04 bits per heavy atom. The van der Waals surface area contributed by atoms with E-state index in [1.54, 1.807) is 13.2 Å². The van der Waals surface area contributed by atoms with Crippen molar-refractivity contribution in [2.24, 2.45) is 5.92 Å². The number of allylic oxidation sites excluding steroid dienone is 2. The topological polar surface area (TPSA) is 21.3 Å². The average Bonchev–Trinajstić information content (AvgIpc) is 3.04.